The van der Waals surface area contributed by atoms with Crippen LogP contribution in [-0.4, -0.2) is 30.7 Å². The number of rotatable bonds is 5. The average Bonchev–Trinajstić information content (AvgIpc) is 3.10. The Morgan fingerprint density at radius 2 is 2.06 bits per heavy atom. The molecule has 1 aromatic rings. The minimum Gasteiger partial charge on any atom is -0.497 e. The van der Waals surface area contributed by atoms with Gasteiger partial charge in [-0.15, -0.1) is 11.8 Å². The lowest BCUT2D eigenvalue weighted by atomic mass is 10.3. The molecule has 1 saturated carbocycles. The van der Waals surface area contributed by atoms with Crippen molar-refractivity contribution in [1.82, 2.24) is 0 Å². The Balaban J connectivity index is 2.20. The third kappa shape index (κ3) is 2.28. The molecule has 0 bridgehead atoms. The van der Waals surface area contributed by atoms with Crippen LogP contribution in [0.2, 0.25) is 0 Å². The van der Waals surface area contributed by atoms with Crippen molar-refractivity contribution in [2.45, 2.75) is 22.5 Å². The summed E-state index contributed by atoms with van der Waals surface area (Å²) in [6.07, 6.45) is 2.15. The highest BCUT2D eigenvalue weighted by atomic mass is 32.2. The molecule has 0 saturated heterocycles. The number of benzene rings is 1. The van der Waals surface area contributed by atoms with Gasteiger partial charge >= 0.3 is 0 Å². The Hall–Kier alpha value is -0.870. The van der Waals surface area contributed by atoms with E-state index in [0.29, 0.717) is 0 Å². The van der Waals surface area contributed by atoms with Gasteiger partial charge in [-0.25, -0.2) is 0 Å². The third-order valence-electron chi connectivity index (χ3n) is 2.79. The summed E-state index contributed by atoms with van der Waals surface area (Å²) < 4.78 is 10.5. The Bertz CT molecular complexity index is 375. The zero-order chi connectivity index (χ0) is 11.6. The van der Waals surface area contributed by atoms with Gasteiger partial charge in [0.1, 0.15) is 11.5 Å². The van der Waals surface area contributed by atoms with Crippen LogP contribution in [-0.2, 0) is 0 Å². The smallest absolute Gasteiger partial charge is 0.136 e. The highest BCUT2D eigenvalue weighted by Gasteiger charge is 2.43. The number of ether oxygens (including phenoxy) is 2. The summed E-state index contributed by atoms with van der Waals surface area (Å²) in [4.78, 5) is 1.06. The van der Waals surface area contributed by atoms with Gasteiger partial charge in [-0.2, -0.15) is 0 Å². The van der Waals surface area contributed by atoms with Crippen LogP contribution in [0.25, 0.3) is 0 Å². The molecule has 2 rings (SSSR count). The Kier molecular flexibility index (Phi) is 3.30. The van der Waals surface area contributed by atoms with Crippen LogP contribution < -0.4 is 9.47 Å². The van der Waals surface area contributed by atoms with Gasteiger partial charge in [0.05, 0.1) is 25.7 Å². The molecule has 1 aliphatic rings. The lowest BCUT2D eigenvalue weighted by Crippen LogP contribution is -2.08. The minimum atomic E-state index is 0.0296. The molecule has 0 amide bonds. The molecule has 0 aromatic heterocycles. The number of aliphatic hydroxyl groups excluding tert-OH is 1. The fourth-order valence-corrected chi connectivity index (χ4v) is 2.74. The van der Waals surface area contributed by atoms with E-state index in [9.17, 15) is 5.11 Å². The predicted octanol–water partition coefficient (Wildman–Crippen LogP) is 2.32. The molecular formula is C12H16O3S. The van der Waals surface area contributed by atoms with Crippen molar-refractivity contribution in [3.05, 3.63) is 18.2 Å². The third-order valence-corrected chi connectivity index (χ3v) is 4.32. The summed E-state index contributed by atoms with van der Waals surface area (Å²) in [6.45, 7) is 0.229. The zero-order valence-electron chi connectivity index (χ0n) is 9.53. The normalized spacial score (nSPS) is 16.9. The lowest BCUT2D eigenvalue weighted by molar-refractivity contribution is 0.288. The number of hydrogen-bond donors (Lipinski definition) is 1. The topological polar surface area (TPSA) is 38.7 Å². The van der Waals surface area contributed by atoms with E-state index in [4.69, 9.17) is 9.47 Å². The van der Waals surface area contributed by atoms with Crippen LogP contribution in [0, 0.1) is 0 Å². The van der Waals surface area contributed by atoms with Crippen molar-refractivity contribution in [1.29, 1.82) is 0 Å². The molecule has 0 heterocycles. The monoisotopic (exact) mass is 240 g/mol. The average molecular weight is 240 g/mol. The second-order valence-corrected chi connectivity index (χ2v) is 5.47. The van der Waals surface area contributed by atoms with Crippen LogP contribution in [0.4, 0.5) is 0 Å². The molecule has 4 heteroatoms. The van der Waals surface area contributed by atoms with E-state index in [0.717, 1.165) is 29.2 Å². The molecule has 1 N–H and O–H groups in total. The van der Waals surface area contributed by atoms with Crippen molar-refractivity contribution in [2.75, 3.05) is 20.8 Å². The Morgan fingerprint density at radius 1 is 1.31 bits per heavy atom. The van der Waals surface area contributed by atoms with Crippen LogP contribution in [0.1, 0.15) is 12.8 Å². The van der Waals surface area contributed by atoms with E-state index in [-0.39, 0.29) is 11.4 Å². The quantitative estimate of drug-likeness (QED) is 0.857. The maximum absolute atomic E-state index is 9.30. The SMILES string of the molecule is COc1ccc(SC2(CO)CC2)c(OC)c1. The first-order valence-electron chi connectivity index (χ1n) is 5.25. The molecule has 0 radical (unpaired) electrons. The molecule has 1 aromatic carbocycles. The molecular weight excluding hydrogens is 224 g/mol. The van der Waals surface area contributed by atoms with Gasteiger partial charge in [0.15, 0.2) is 0 Å². The largest absolute Gasteiger partial charge is 0.497 e. The van der Waals surface area contributed by atoms with E-state index < -0.39 is 0 Å². The van der Waals surface area contributed by atoms with Crippen LogP contribution >= 0.6 is 11.8 Å². The van der Waals surface area contributed by atoms with Crippen molar-refractivity contribution in [2.24, 2.45) is 0 Å². The standard InChI is InChI=1S/C12H16O3S/c1-14-9-3-4-11(10(7-9)15-2)16-12(8-13)5-6-12/h3-4,7,13H,5-6,8H2,1-2H3. The van der Waals surface area contributed by atoms with Gasteiger partial charge < -0.3 is 14.6 Å². The maximum Gasteiger partial charge on any atom is 0.136 e. The predicted molar refractivity (Wildman–Crippen MR) is 64.5 cm³/mol. The van der Waals surface area contributed by atoms with E-state index in [1.807, 2.05) is 18.2 Å². The molecule has 0 unspecified atom stereocenters. The van der Waals surface area contributed by atoms with Crippen LogP contribution in [0.15, 0.2) is 23.1 Å². The molecule has 0 atom stereocenters. The summed E-state index contributed by atoms with van der Waals surface area (Å²) in [5.41, 5.74) is 0. The Labute approximate surface area is 99.8 Å². The van der Waals surface area contributed by atoms with Crippen molar-refractivity contribution in [3.63, 3.8) is 0 Å². The van der Waals surface area contributed by atoms with E-state index in [1.54, 1.807) is 26.0 Å². The molecule has 16 heavy (non-hydrogen) atoms. The van der Waals surface area contributed by atoms with Gasteiger partial charge in [-0.1, -0.05) is 0 Å². The molecule has 3 nitrogen and oxygen atoms in total. The fourth-order valence-electron chi connectivity index (χ4n) is 1.52. The lowest BCUT2D eigenvalue weighted by Gasteiger charge is -2.14. The van der Waals surface area contributed by atoms with Crippen molar-refractivity contribution >= 4 is 11.8 Å². The summed E-state index contributed by atoms with van der Waals surface area (Å²) in [5.74, 6) is 1.60. The fraction of sp³-hybridized carbons (Fsp3) is 0.500. The van der Waals surface area contributed by atoms with E-state index >= 15 is 0 Å². The first-order valence-corrected chi connectivity index (χ1v) is 6.06. The van der Waals surface area contributed by atoms with Crippen molar-refractivity contribution in [3.8, 4) is 11.5 Å². The maximum atomic E-state index is 9.30. The van der Waals surface area contributed by atoms with Crippen LogP contribution in [0.3, 0.4) is 0 Å². The van der Waals surface area contributed by atoms with Gasteiger partial charge in [0, 0.05) is 10.8 Å². The summed E-state index contributed by atoms with van der Waals surface area (Å²) in [5, 5.41) is 9.30. The molecule has 1 aliphatic carbocycles. The number of hydrogen-bond acceptors (Lipinski definition) is 4. The number of aliphatic hydroxyl groups is 1. The van der Waals surface area contributed by atoms with Gasteiger partial charge in [0.25, 0.3) is 0 Å². The van der Waals surface area contributed by atoms with E-state index in [2.05, 4.69) is 0 Å². The van der Waals surface area contributed by atoms with Gasteiger partial charge in [-0.3, -0.25) is 0 Å². The first kappa shape index (κ1) is 11.6. The highest BCUT2D eigenvalue weighted by Crippen LogP contribution is 2.53. The number of thioether (sulfide) groups is 1. The molecule has 88 valence electrons. The first-order chi connectivity index (χ1) is 7.73. The molecule has 0 aliphatic heterocycles. The van der Waals surface area contributed by atoms with Gasteiger partial charge in [0.2, 0.25) is 0 Å². The van der Waals surface area contributed by atoms with Crippen LogP contribution in [0.5, 0.6) is 11.5 Å². The summed E-state index contributed by atoms with van der Waals surface area (Å²) >= 11 is 1.70. The zero-order valence-corrected chi connectivity index (χ0v) is 10.3. The summed E-state index contributed by atoms with van der Waals surface area (Å²) in [6, 6.07) is 5.77. The highest BCUT2D eigenvalue weighted by molar-refractivity contribution is 8.01. The van der Waals surface area contributed by atoms with E-state index in [1.165, 1.54) is 0 Å². The molecule has 1 fully saturated rings. The van der Waals surface area contributed by atoms with Gasteiger partial charge in [-0.05, 0) is 25.0 Å². The number of methoxy groups -OCH3 is 2. The van der Waals surface area contributed by atoms with Crippen molar-refractivity contribution < 1.29 is 14.6 Å². The second kappa shape index (κ2) is 4.55. The second-order valence-electron chi connectivity index (χ2n) is 3.96. The Morgan fingerprint density at radius 3 is 2.56 bits per heavy atom. The minimum absolute atomic E-state index is 0.0296. The molecule has 0 spiro atoms. The summed E-state index contributed by atoms with van der Waals surface area (Å²) in [7, 11) is 3.29.